The average molecular weight is 436 g/mol. The van der Waals surface area contributed by atoms with E-state index in [1.54, 1.807) is 22.8 Å². The van der Waals surface area contributed by atoms with Crippen LogP contribution in [-0.4, -0.2) is 22.1 Å². The number of fused-ring (bicyclic) bond motifs is 3. The lowest BCUT2D eigenvalue weighted by Gasteiger charge is -2.17. The molecule has 2 aromatic carbocycles. The quantitative estimate of drug-likeness (QED) is 0.606. The van der Waals surface area contributed by atoms with Gasteiger partial charge in [0.15, 0.2) is 0 Å². The minimum absolute atomic E-state index is 0.0500. The van der Waals surface area contributed by atoms with Crippen molar-refractivity contribution in [1.29, 1.82) is 5.26 Å². The van der Waals surface area contributed by atoms with Gasteiger partial charge in [-0.05, 0) is 30.5 Å². The third-order valence-electron chi connectivity index (χ3n) is 5.65. The van der Waals surface area contributed by atoms with Gasteiger partial charge >= 0.3 is 5.69 Å². The normalized spacial score (nSPS) is 16.4. The van der Waals surface area contributed by atoms with Gasteiger partial charge in [0.05, 0.1) is 5.56 Å². The first-order valence-electron chi connectivity index (χ1n) is 10.2. The van der Waals surface area contributed by atoms with Crippen LogP contribution in [0.15, 0.2) is 47.3 Å². The van der Waals surface area contributed by atoms with E-state index in [0.717, 1.165) is 43.4 Å². The van der Waals surface area contributed by atoms with Crippen molar-refractivity contribution in [2.24, 2.45) is 0 Å². The maximum absolute atomic E-state index is 13.4. The smallest absolute Gasteiger partial charge is 0.352 e. The predicted molar refractivity (Wildman–Crippen MR) is 111 cm³/mol. The van der Waals surface area contributed by atoms with E-state index in [-0.39, 0.29) is 35.2 Å². The van der Waals surface area contributed by atoms with Gasteiger partial charge < -0.3 is 14.4 Å². The summed E-state index contributed by atoms with van der Waals surface area (Å²) >= 11 is 0. The number of nitriles is 1. The SMILES string of the molecule is N#Cc1cc(COc2cc3n(c(=O)n2)C[C@@H]2CCCN32)ccc1Oc1cc(F)cc(F)c1. The minimum atomic E-state index is -0.776. The first-order valence-corrected chi connectivity index (χ1v) is 10.2. The number of hydrogen-bond acceptors (Lipinski definition) is 6. The average Bonchev–Trinajstić information content (AvgIpc) is 3.35. The molecule has 0 N–H and O–H groups in total. The number of hydrogen-bond donors (Lipinski definition) is 0. The van der Waals surface area contributed by atoms with Crippen LogP contribution in [0.1, 0.15) is 24.0 Å². The van der Waals surface area contributed by atoms with Crippen LogP contribution >= 0.6 is 0 Å². The summed E-state index contributed by atoms with van der Waals surface area (Å²) in [6.45, 7) is 1.66. The van der Waals surface area contributed by atoms with Crippen molar-refractivity contribution in [2.45, 2.75) is 32.0 Å². The summed E-state index contributed by atoms with van der Waals surface area (Å²) in [7, 11) is 0. The van der Waals surface area contributed by atoms with E-state index in [1.165, 1.54) is 6.07 Å². The zero-order valence-corrected chi connectivity index (χ0v) is 16.9. The summed E-state index contributed by atoms with van der Waals surface area (Å²) in [4.78, 5) is 18.6. The Morgan fingerprint density at radius 2 is 1.97 bits per heavy atom. The van der Waals surface area contributed by atoms with Crippen LogP contribution in [0.3, 0.4) is 0 Å². The molecule has 9 heteroatoms. The summed E-state index contributed by atoms with van der Waals surface area (Å²) < 4.78 is 39.7. The highest BCUT2D eigenvalue weighted by Crippen LogP contribution is 2.33. The number of halogens is 2. The Morgan fingerprint density at radius 1 is 1.16 bits per heavy atom. The molecule has 32 heavy (non-hydrogen) atoms. The van der Waals surface area contributed by atoms with Gasteiger partial charge in [-0.1, -0.05) is 6.07 Å². The number of benzene rings is 2. The molecule has 0 amide bonds. The summed E-state index contributed by atoms with van der Waals surface area (Å²) in [5.74, 6) is -0.390. The summed E-state index contributed by atoms with van der Waals surface area (Å²) in [5, 5.41) is 9.46. The Morgan fingerprint density at radius 3 is 2.75 bits per heavy atom. The lowest BCUT2D eigenvalue weighted by molar-refractivity contribution is 0.291. The highest BCUT2D eigenvalue weighted by molar-refractivity contribution is 5.49. The van der Waals surface area contributed by atoms with Gasteiger partial charge in [-0.25, -0.2) is 13.6 Å². The van der Waals surface area contributed by atoms with Gasteiger partial charge in [0, 0.05) is 43.4 Å². The fourth-order valence-corrected chi connectivity index (χ4v) is 4.21. The summed E-state index contributed by atoms with van der Waals surface area (Å²) in [5.41, 5.74) is 0.495. The Balaban J connectivity index is 1.32. The van der Waals surface area contributed by atoms with Crippen molar-refractivity contribution in [3.8, 4) is 23.4 Å². The van der Waals surface area contributed by atoms with E-state index >= 15 is 0 Å². The second-order valence-electron chi connectivity index (χ2n) is 7.77. The zero-order chi connectivity index (χ0) is 22.2. The second kappa shape index (κ2) is 7.96. The maximum Gasteiger partial charge on any atom is 0.352 e. The molecule has 1 saturated heterocycles. The Labute approximate surface area is 182 Å². The van der Waals surface area contributed by atoms with Crippen molar-refractivity contribution in [3.63, 3.8) is 0 Å². The van der Waals surface area contributed by atoms with Crippen LogP contribution < -0.4 is 20.1 Å². The maximum atomic E-state index is 13.4. The summed E-state index contributed by atoms with van der Waals surface area (Å²) in [6, 6.07) is 11.7. The predicted octanol–water partition coefficient (Wildman–Crippen LogP) is 3.75. The second-order valence-corrected chi connectivity index (χ2v) is 7.77. The highest BCUT2D eigenvalue weighted by atomic mass is 19.1. The molecule has 7 nitrogen and oxygen atoms in total. The van der Waals surface area contributed by atoms with Gasteiger partial charge in [0.2, 0.25) is 5.88 Å². The van der Waals surface area contributed by atoms with Crippen molar-refractivity contribution in [2.75, 3.05) is 11.4 Å². The molecular formula is C23H18F2N4O3. The molecule has 0 unspecified atom stereocenters. The molecule has 2 aliphatic rings. The third kappa shape index (κ3) is 3.75. The van der Waals surface area contributed by atoms with E-state index in [4.69, 9.17) is 9.47 Å². The van der Waals surface area contributed by atoms with E-state index in [1.807, 2.05) is 6.07 Å². The standard InChI is InChI=1S/C23H18F2N4O3/c24-16-7-17(25)9-19(8-16)32-20-4-3-14(6-15(20)11-26)13-31-21-10-22-28-5-1-2-18(28)12-29(22)23(30)27-21/h3-4,6-10,18H,1-2,5,12-13H2/t18-/m0/s1. The van der Waals surface area contributed by atoms with Crippen LogP contribution in [-0.2, 0) is 13.2 Å². The minimum Gasteiger partial charge on any atom is -0.473 e. The van der Waals surface area contributed by atoms with Gasteiger partial charge in [-0.2, -0.15) is 10.2 Å². The van der Waals surface area contributed by atoms with Crippen LogP contribution in [0.2, 0.25) is 0 Å². The fourth-order valence-electron chi connectivity index (χ4n) is 4.21. The molecule has 1 atom stereocenters. The molecule has 1 fully saturated rings. The molecule has 0 aliphatic carbocycles. The van der Waals surface area contributed by atoms with Gasteiger partial charge in [-0.3, -0.25) is 4.57 Å². The zero-order valence-electron chi connectivity index (χ0n) is 16.9. The monoisotopic (exact) mass is 436 g/mol. The Bertz CT molecular complexity index is 1280. The molecule has 5 rings (SSSR count). The lowest BCUT2D eigenvalue weighted by Crippen LogP contribution is -2.24. The number of anilines is 1. The first-order chi connectivity index (χ1) is 15.5. The highest BCUT2D eigenvalue weighted by Gasteiger charge is 2.34. The van der Waals surface area contributed by atoms with E-state index in [0.29, 0.717) is 18.2 Å². The molecule has 2 aliphatic heterocycles. The van der Waals surface area contributed by atoms with Crippen molar-refractivity contribution >= 4 is 5.82 Å². The summed E-state index contributed by atoms with van der Waals surface area (Å²) in [6.07, 6.45) is 2.16. The molecule has 0 spiro atoms. The third-order valence-corrected chi connectivity index (χ3v) is 5.65. The molecule has 1 aromatic heterocycles. The van der Waals surface area contributed by atoms with E-state index in [2.05, 4.69) is 9.88 Å². The number of nitrogens with zero attached hydrogens (tertiary/aromatic N) is 4. The number of aromatic nitrogens is 2. The molecule has 3 heterocycles. The number of rotatable bonds is 5. The molecule has 162 valence electrons. The molecule has 3 aromatic rings. The van der Waals surface area contributed by atoms with Gasteiger partial charge in [-0.15, -0.1) is 0 Å². The van der Waals surface area contributed by atoms with Crippen molar-refractivity contribution in [3.05, 3.63) is 75.7 Å². The Kier molecular flexibility index (Phi) is 4.98. The van der Waals surface area contributed by atoms with Gasteiger partial charge in [0.25, 0.3) is 0 Å². The fraction of sp³-hybridized carbons (Fsp3) is 0.261. The molecular weight excluding hydrogens is 418 g/mol. The van der Waals surface area contributed by atoms with Gasteiger partial charge in [0.1, 0.15) is 41.6 Å². The molecule has 0 saturated carbocycles. The Hall–Kier alpha value is -3.93. The van der Waals surface area contributed by atoms with E-state index < -0.39 is 11.6 Å². The topological polar surface area (TPSA) is 80.4 Å². The number of ether oxygens (including phenoxy) is 2. The molecule has 0 bridgehead atoms. The van der Waals surface area contributed by atoms with E-state index in [9.17, 15) is 18.8 Å². The van der Waals surface area contributed by atoms with Crippen LogP contribution in [0, 0.1) is 23.0 Å². The molecule has 0 radical (unpaired) electrons. The van der Waals surface area contributed by atoms with Crippen molar-refractivity contribution in [1.82, 2.24) is 9.55 Å². The van der Waals surface area contributed by atoms with Crippen LogP contribution in [0.5, 0.6) is 17.4 Å². The van der Waals surface area contributed by atoms with Crippen LogP contribution in [0.25, 0.3) is 0 Å². The first kappa shape index (κ1) is 20.0. The van der Waals surface area contributed by atoms with Crippen molar-refractivity contribution < 1.29 is 18.3 Å². The largest absolute Gasteiger partial charge is 0.473 e. The lowest BCUT2D eigenvalue weighted by atomic mass is 10.1. The van der Waals surface area contributed by atoms with Crippen LogP contribution in [0.4, 0.5) is 14.6 Å².